The zero-order chi connectivity index (χ0) is 11.1. The van der Waals surface area contributed by atoms with Gasteiger partial charge in [0.2, 0.25) is 5.91 Å². The number of nitrogens with one attached hydrogen (secondary N) is 1. The van der Waals surface area contributed by atoms with Crippen LogP contribution in [0.25, 0.3) is 0 Å². The van der Waals surface area contributed by atoms with Crippen LogP contribution in [0.1, 0.15) is 32.1 Å². The van der Waals surface area contributed by atoms with Gasteiger partial charge in [0.15, 0.2) is 0 Å². The first-order chi connectivity index (χ1) is 7.22. The first-order valence-electron chi connectivity index (χ1n) is 5.90. The topological polar surface area (TPSA) is 58.4 Å². The lowest BCUT2D eigenvalue weighted by Gasteiger charge is -2.24. The van der Waals surface area contributed by atoms with Crippen molar-refractivity contribution in [1.82, 2.24) is 10.2 Å². The van der Waals surface area contributed by atoms with E-state index < -0.39 is 0 Å². The molecule has 0 spiro atoms. The molecule has 1 aliphatic rings. The molecule has 1 aliphatic carbocycles. The van der Waals surface area contributed by atoms with Gasteiger partial charge in [-0.05, 0) is 19.9 Å². The molecule has 0 bridgehead atoms. The zero-order valence-electron chi connectivity index (χ0n) is 9.67. The second-order valence-electron chi connectivity index (χ2n) is 4.43. The number of amides is 1. The number of likely N-dealkylation sites (N-methyl/N-ethyl adjacent to an activating group) is 1. The van der Waals surface area contributed by atoms with Crippen molar-refractivity contribution in [2.45, 2.75) is 38.1 Å². The molecule has 0 aromatic rings. The van der Waals surface area contributed by atoms with Crippen LogP contribution in [0, 0.1) is 0 Å². The zero-order valence-corrected chi connectivity index (χ0v) is 9.67. The van der Waals surface area contributed by atoms with Gasteiger partial charge in [0.1, 0.15) is 0 Å². The van der Waals surface area contributed by atoms with E-state index in [1.54, 1.807) is 0 Å². The van der Waals surface area contributed by atoms with Gasteiger partial charge in [0.25, 0.3) is 0 Å². The Morgan fingerprint density at radius 2 is 2.07 bits per heavy atom. The van der Waals surface area contributed by atoms with Gasteiger partial charge in [-0.25, -0.2) is 0 Å². The Hall–Kier alpha value is -0.610. The van der Waals surface area contributed by atoms with Crippen molar-refractivity contribution in [3.8, 4) is 0 Å². The molecule has 3 N–H and O–H groups in total. The maximum atomic E-state index is 11.6. The monoisotopic (exact) mass is 213 g/mol. The van der Waals surface area contributed by atoms with Crippen LogP contribution in [-0.2, 0) is 4.79 Å². The minimum absolute atomic E-state index is 0.137. The summed E-state index contributed by atoms with van der Waals surface area (Å²) in [7, 11) is 1.92. The van der Waals surface area contributed by atoms with Gasteiger partial charge in [0.05, 0.1) is 6.54 Å². The molecule has 1 rings (SSSR count). The molecule has 0 atom stereocenters. The quantitative estimate of drug-likeness (QED) is 0.692. The second-order valence-corrected chi connectivity index (χ2v) is 4.43. The highest BCUT2D eigenvalue weighted by Gasteiger charge is 2.15. The van der Waals surface area contributed by atoms with Crippen LogP contribution >= 0.6 is 0 Å². The summed E-state index contributed by atoms with van der Waals surface area (Å²) < 4.78 is 0. The van der Waals surface area contributed by atoms with Crippen LogP contribution in [0.4, 0.5) is 0 Å². The molecule has 0 heterocycles. The van der Waals surface area contributed by atoms with Crippen molar-refractivity contribution < 1.29 is 4.79 Å². The molecule has 0 radical (unpaired) electrons. The maximum absolute atomic E-state index is 11.6. The molecule has 0 saturated heterocycles. The van der Waals surface area contributed by atoms with Crippen molar-refractivity contribution >= 4 is 5.91 Å². The maximum Gasteiger partial charge on any atom is 0.234 e. The SMILES string of the molecule is CN(CCN)CC(=O)NC1CCCCC1. The second kappa shape index (κ2) is 6.80. The highest BCUT2D eigenvalue weighted by Crippen LogP contribution is 2.17. The van der Waals surface area contributed by atoms with Gasteiger partial charge in [-0.2, -0.15) is 0 Å². The third-order valence-corrected chi connectivity index (χ3v) is 2.89. The van der Waals surface area contributed by atoms with Crippen LogP contribution < -0.4 is 11.1 Å². The van der Waals surface area contributed by atoms with E-state index in [2.05, 4.69) is 5.32 Å². The van der Waals surface area contributed by atoms with Crippen LogP contribution in [0.3, 0.4) is 0 Å². The third kappa shape index (κ3) is 5.14. The summed E-state index contributed by atoms with van der Waals surface area (Å²) in [5, 5.41) is 3.09. The number of hydrogen-bond donors (Lipinski definition) is 2. The normalized spacial score (nSPS) is 18.1. The predicted octanol–water partition coefficient (Wildman–Crippen LogP) is 0.326. The minimum Gasteiger partial charge on any atom is -0.352 e. The fourth-order valence-corrected chi connectivity index (χ4v) is 2.06. The predicted molar refractivity (Wildman–Crippen MR) is 61.6 cm³/mol. The van der Waals surface area contributed by atoms with E-state index in [9.17, 15) is 4.79 Å². The molecule has 0 aromatic heterocycles. The Labute approximate surface area is 92.2 Å². The highest BCUT2D eigenvalue weighted by atomic mass is 16.2. The van der Waals surface area contributed by atoms with Crippen molar-refractivity contribution in [3.63, 3.8) is 0 Å². The lowest BCUT2D eigenvalue weighted by Crippen LogP contribution is -2.42. The molecule has 4 nitrogen and oxygen atoms in total. The molecule has 0 aromatic carbocycles. The van der Waals surface area contributed by atoms with Gasteiger partial charge in [-0.15, -0.1) is 0 Å². The molecule has 15 heavy (non-hydrogen) atoms. The van der Waals surface area contributed by atoms with E-state index in [1.807, 2.05) is 11.9 Å². The van der Waals surface area contributed by atoms with Crippen molar-refractivity contribution in [3.05, 3.63) is 0 Å². The van der Waals surface area contributed by atoms with Gasteiger partial charge >= 0.3 is 0 Å². The van der Waals surface area contributed by atoms with E-state index in [0.717, 1.165) is 19.4 Å². The average Bonchev–Trinajstić information content (AvgIpc) is 2.19. The number of nitrogens with two attached hydrogens (primary N) is 1. The molecule has 88 valence electrons. The molecule has 0 aliphatic heterocycles. The van der Waals surface area contributed by atoms with E-state index >= 15 is 0 Å². The fourth-order valence-electron chi connectivity index (χ4n) is 2.06. The summed E-state index contributed by atoms with van der Waals surface area (Å²) in [5.74, 6) is 0.137. The van der Waals surface area contributed by atoms with Crippen LogP contribution in [0.2, 0.25) is 0 Å². The van der Waals surface area contributed by atoms with E-state index in [4.69, 9.17) is 5.73 Å². The molecule has 1 amide bonds. The summed E-state index contributed by atoms with van der Waals surface area (Å²) in [6.07, 6.45) is 6.12. The number of carbonyl (C=O) groups is 1. The summed E-state index contributed by atoms with van der Waals surface area (Å²) in [6, 6.07) is 0.414. The van der Waals surface area contributed by atoms with Crippen LogP contribution in [0.15, 0.2) is 0 Å². The van der Waals surface area contributed by atoms with Crippen molar-refractivity contribution in [2.75, 3.05) is 26.7 Å². The molecule has 4 heteroatoms. The Balaban J connectivity index is 2.16. The van der Waals surface area contributed by atoms with Gasteiger partial charge in [-0.3, -0.25) is 9.69 Å². The molecular weight excluding hydrogens is 190 g/mol. The largest absolute Gasteiger partial charge is 0.352 e. The summed E-state index contributed by atoms with van der Waals surface area (Å²) >= 11 is 0. The van der Waals surface area contributed by atoms with Crippen LogP contribution in [-0.4, -0.2) is 43.5 Å². The summed E-state index contributed by atoms with van der Waals surface area (Å²) in [4.78, 5) is 13.6. The number of carbonyl (C=O) groups excluding carboxylic acids is 1. The van der Waals surface area contributed by atoms with E-state index in [1.165, 1.54) is 19.3 Å². The van der Waals surface area contributed by atoms with Crippen molar-refractivity contribution in [2.24, 2.45) is 5.73 Å². The first-order valence-corrected chi connectivity index (χ1v) is 5.90. The highest BCUT2D eigenvalue weighted by molar-refractivity contribution is 5.78. The standard InChI is InChI=1S/C11H23N3O/c1-14(8-7-12)9-11(15)13-10-5-3-2-4-6-10/h10H,2-9,12H2,1H3,(H,13,15). The fraction of sp³-hybridized carbons (Fsp3) is 0.909. The number of rotatable bonds is 5. The van der Waals surface area contributed by atoms with Crippen molar-refractivity contribution in [1.29, 1.82) is 0 Å². The summed E-state index contributed by atoms with van der Waals surface area (Å²) in [6.45, 7) is 1.85. The molecule has 0 unspecified atom stereocenters. The summed E-state index contributed by atoms with van der Waals surface area (Å²) in [5.41, 5.74) is 5.42. The van der Waals surface area contributed by atoms with Gasteiger partial charge in [-0.1, -0.05) is 19.3 Å². The lowest BCUT2D eigenvalue weighted by molar-refractivity contribution is -0.122. The third-order valence-electron chi connectivity index (χ3n) is 2.89. The molecule has 1 saturated carbocycles. The van der Waals surface area contributed by atoms with Gasteiger partial charge < -0.3 is 11.1 Å². The van der Waals surface area contributed by atoms with Crippen LogP contribution in [0.5, 0.6) is 0 Å². The smallest absolute Gasteiger partial charge is 0.234 e. The first kappa shape index (κ1) is 12.5. The van der Waals surface area contributed by atoms with E-state index in [-0.39, 0.29) is 5.91 Å². The lowest BCUT2D eigenvalue weighted by atomic mass is 9.95. The number of nitrogens with zero attached hydrogens (tertiary/aromatic N) is 1. The number of hydrogen-bond acceptors (Lipinski definition) is 3. The Morgan fingerprint density at radius 3 is 2.67 bits per heavy atom. The average molecular weight is 213 g/mol. The Kier molecular flexibility index (Phi) is 5.65. The van der Waals surface area contributed by atoms with E-state index in [0.29, 0.717) is 19.1 Å². The molecular formula is C11H23N3O. The Morgan fingerprint density at radius 1 is 1.40 bits per heavy atom. The van der Waals surface area contributed by atoms with Gasteiger partial charge in [0, 0.05) is 19.1 Å². The molecule has 1 fully saturated rings. The minimum atomic E-state index is 0.137. The Bertz CT molecular complexity index is 190.